The summed E-state index contributed by atoms with van der Waals surface area (Å²) in [6, 6.07) is 0. The van der Waals surface area contributed by atoms with Crippen molar-refractivity contribution < 1.29 is 64.5 Å². The number of hydrogen-bond donors (Lipinski definition) is 8. The molecule has 9 fully saturated rings. The monoisotopic (exact) mass is 780 g/mol. The van der Waals surface area contributed by atoms with E-state index in [1.807, 2.05) is 13.8 Å². The van der Waals surface area contributed by atoms with Crippen LogP contribution < -0.4 is 0 Å². The molecule has 0 amide bonds. The summed E-state index contributed by atoms with van der Waals surface area (Å²) in [5, 5.41) is 85.2. The summed E-state index contributed by atoms with van der Waals surface area (Å²) >= 11 is 0. The van der Waals surface area contributed by atoms with Crippen LogP contribution >= 0.6 is 0 Å². The molecule has 13 nitrogen and oxygen atoms in total. The summed E-state index contributed by atoms with van der Waals surface area (Å²) in [5.41, 5.74) is -1.78. The molecule has 3 spiro atoms. The highest BCUT2D eigenvalue weighted by Crippen LogP contribution is 2.90. The van der Waals surface area contributed by atoms with Crippen molar-refractivity contribution in [2.45, 2.75) is 191 Å². The van der Waals surface area contributed by atoms with Crippen LogP contribution in [-0.2, 0) is 23.7 Å². The molecule has 0 radical (unpaired) electrons. The summed E-state index contributed by atoms with van der Waals surface area (Å²) in [5.74, 6) is 1.22. The second-order valence-electron chi connectivity index (χ2n) is 21.7. The summed E-state index contributed by atoms with van der Waals surface area (Å²) in [7, 11) is 0. The van der Waals surface area contributed by atoms with Gasteiger partial charge in [-0.3, -0.25) is 0 Å². The molecule has 6 saturated carbocycles. The van der Waals surface area contributed by atoms with Crippen LogP contribution in [0.15, 0.2) is 0 Å². The third kappa shape index (κ3) is 5.11. The molecule has 22 atom stereocenters. The molecule has 3 heterocycles. The van der Waals surface area contributed by atoms with Gasteiger partial charge in [0.05, 0.1) is 42.7 Å². The van der Waals surface area contributed by atoms with Crippen molar-refractivity contribution in [1.82, 2.24) is 0 Å². The maximum atomic E-state index is 12.6. The van der Waals surface area contributed by atoms with Gasteiger partial charge in [-0.15, -0.1) is 0 Å². The first-order chi connectivity index (χ1) is 25.6. The highest BCUT2D eigenvalue weighted by atomic mass is 16.7. The van der Waals surface area contributed by atoms with Gasteiger partial charge in [-0.25, -0.2) is 0 Å². The number of fused-ring (bicyclic) bond motifs is 4. The molecule has 0 aromatic rings. The van der Waals surface area contributed by atoms with Crippen LogP contribution in [0.2, 0.25) is 0 Å². The van der Waals surface area contributed by atoms with E-state index in [0.29, 0.717) is 18.3 Å². The van der Waals surface area contributed by atoms with Crippen molar-refractivity contribution in [2.75, 3.05) is 13.2 Å². The van der Waals surface area contributed by atoms with E-state index in [0.717, 1.165) is 51.4 Å². The zero-order valence-electron chi connectivity index (χ0n) is 33.7. The van der Waals surface area contributed by atoms with Crippen LogP contribution in [0.25, 0.3) is 0 Å². The molecule has 0 aromatic heterocycles. The number of ether oxygens (including phenoxy) is 5. The Morgan fingerprint density at radius 1 is 0.745 bits per heavy atom. The zero-order chi connectivity index (χ0) is 39.6. The van der Waals surface area contributed by atoms with E-state index in [1.165, 1.54) is 0 Å². The lowest BCUT2D eigenvalue weighted by molar-refractivity contribution is -0.334. The first-order valence-electron chi connectivity index (χ1n) is 21.3. The summed E-state index contributed by atoms with van der Waals surface area (Å²) in [6.07, 6.45) is -4.23. The predicted octanol–water partition coefficient (Wildman–Crippen LogP) is 1.61. The second kappa shape index (κ2) is 12.5. The second-order valence-corrected chi connectivity index (χ2v) is 21.7. The molecule has 13 heteroatoms. The molecular formula is C42H68O13. The van der Waals surface area contributed by atoms with Gasteiger partial charge in [0, 0.05) is 0 Å². The number of hydrogen-bond acceptors (Lipinski definition) is 13. The van der Waals surface area contributed by atoms with Crippen molar-refractivity contribution in [3.63, 3.8) is 0 Å². The Morgan fingerprint density at radius 2 is 1.45 bits per heavy atom. The Morgan fingerprint density at radius 3 is 2.16 bits per heavy atom. The number of rotatable bonds is 6. The molecule has 0 aromatic carbocycles. The average Bonchev–Trinajstić information content (AvgIpc) is 3.58. The number of aliphatic hydroxyl groups is 8. The molecule has 3 saturated heterocycles. The van der Waals surface area contributed by atoms with Gasteiger partial charge in [0.2, 0.25) is 0 Å². The van der Waals surface area contributed by atoms with E-state index in [4.69, 9.17) is 23.7 Å². The van der Waals surface area contributed by atoms with Crippen LogP contribution in [0.5, 0.6) is 0 Å². The van der Waals surface area contributed by atoms with Gasteiger partial charge in [-0.1, -0.05) is 34.6 Å². The molecule has 9 aliphatic rings. The third-order valence-electron chi connectivity index (χ3n) is 18.6. The van der Waals surface area contributed by atoms with E-state index in [-0.39, 0.29) is 63.6 Å². The maximum absolute atomic E-state index is 12.6. The summed E-state index contributed by atoms with van der Waals surface area (Å²) in [6.45, 7) is 15.1. The SMILES string of the molecule is CC1CC2CC3(CC4(C)C5C(O)CC6C(C)(C)C(OC7OCC(O)C(O)C7O)CCC67CC57CCC4(C)C13)OC2C(C)(C)OC1OC(CO)C(O)C(O)C1O. The minimum Gasteiger partial charge on any atom is -0.394 e. The van der Waals surface area contributed by atoms with Crippen LogP contribution in [0.4, 0.5) is 0 Å². The van der Waals surface area contributed by atoms with Crippen LogP contribution in [-0.4, -0.2) is 139 Å². The Kier molecular flexibility index (Phi) is 9.08. The van der Waals surface area contributed by atoms with E-state index in [1.54, 1.807) is 0 Å². The molecule has 6 aliphatic carbocycles. The summed E-state index contributed by atoms with van der Waals surface area (Å²) in [4.78, 5) is 0. The average molecular weight is 781 g/mol. The quantitative estimate of drug-likeness (QED) is 0.181. The zero-order valence-corrected chi connectivity index (χ0v) is 33.7. The van der Waals surface area contributed by atoms with Crippen LogP contribution in [0, 0.1) is 56.7 Å². The molecule has 3 aliphatic heterocycles. The molecule has 314 valence electrons. The van der Waals surface area contributed by atoms with E-state index in [9.17, 15) is 40.9 Å². The summed E-state index contributed by atoms with van der Waals surface area (Å²) < 4.78 is 31.9. The van der Waals surface area contributed by atoms with Gasteiger partial charge >= 0.3 is 0 Å². The van der Waals surface area contributed by atoms with E-state index in [2.05, 4.69) is 34.6 Å². The minimum atomic E-state index is -1.52. The van der Waals surface area contributed by atoms with Crippen molar-refractivity contribution in [3.8, 4) is 0 Å². The molecule has 55 heavy (non-hydrogen) atoms. The van der Waals surface area contributed by atoms with Crippen LogP contribution in [0.3, 0.4) is 0 Å². The number of aliphatic hydroxyl groups excluding tert-OH is 8. The van der Waals surface area contributed by atoms with E-state index >= 15 is 0 Å². The lowest BCUT2D eigenvalue weighted by Gasteiger charge is -2.64. The minimum absolute atomic E-state index is 0.0171. The Balaban J connectivity index is 0.974. The van der Waals surface area contributed by atoms with Gasteiger partial charge < -0.3 is 64.5 Å². The topological polar surface area (TPSA) is 208 Å². The Bertz CT molecular complexity index is 1510. The first-order valence-corrected chi connectivity index (χ1v) is 21.3. The molecule has 22 unspecified atom stereocenters. The highest BCUT2D eigenvalue weighted by molar-refractivity contribution is 5.35. The largest absolute Gasteiger partial charge is 0.394 e. The predicted molar refractivity (Wildman–Crippen MR) is 195 cm³/mol. The molecule has 8 N–H and O–H groups in total. The van der Waals surface area contributed by atoms with Gasteiger partial charge in [0.15, 0.2) is 12.6 Å². The van der Waals surface area contributed by atoms with Gasteiger partial charge in [-0.2, -0.15) is 0 Å². The highest BCUT2D eigenvalue weighted by Gasteiger charge is 2.86. The lowest BCUT2D eigenvalue weighted by Crippen LogP contribution is -2.62. The van der Waals surface area contributed by atoms with Gasteiger partial charge in [-0.05, 0) is 128 Å². The van der Waals surface area contributed by atoms with Crippen molar-refractivity contribution in [2.24, 2.45) is 56.7 Å². The Labute approximate surface area is 325 Å². The Hall–Kier alpha value is -0.520. The fraction of sp³-hybridized carbons (Fsp3) is 1.00. The fourth-order valence-electron chi connectivity index (χ4n) is 16.5. The fourth-order valence-corrected chi connectivity index (χ4v) is 16.5. The van der Waals surface area contributed by atoms with Gasteiger partial charge in [0.1, 0.15) is 42.7 Å². The van der Waals surface area contributed by atoms with Gasteiger partial charge in [0.25, 0.3) is 0 Å². The maximum Gasteiger partial charge on any atom is 0.187 e. The molecular weight excluding hydrogens is 712 g/mol. The molecule has 2 bridgehead atoms. The molecule has 9 rings (SSSR count). The van der Waals surface area contributed by atoms with Crippen molar-refractivity contribution >= 4 is 0 Å². The van der Waals surface area contributed by atoms with Crippen molar-refractivity contribution in [3.05, 3.63) is 0 Å². The lowest BCUT2D eigenvalue weighted by atomic mass is 9.41. The van der Waals surface area contributed by atoms with Crippen LogP contribution in [0.1, 0.15) is 106 Å². The van der Waals surface area contributed by atoms with E-state index < -0.39 is 79.2 Å². The third-order valence-corrected chi connectivity index (χ3v) is 18.6. The standard InChI is InChI=1S/C42H68O13/c1-19-12-20-14-42(54-33(20)37(4,5)55-35-30(50)28(48)27(47)23(15-43)52-35)17-39(7)32-21(44)13-24-36(2,3)25(53-34-29(49)26(46)22(45)16-51-34)8-9-40(24)18-41(32,40)11-10-38(39,6)31(19)42/h19-35,43-50H,8-18H2,1-7H3. The van der Waals surface area contributed by atoms with Crippen molar-refractivity contribution in [1.29, 1.82) is 0 Å². The smallest absolute Gasteiger partial charge is 0.187 e. The normalized spacial score (nSPS) is 60.6. The first kappa shape index (κ1) is 39.9.